The normalized spacial score (nSPS) is 11.0. The molecule has 16 heteroatoms. The Kier molecular flexibility index (Phi) is 15.0. The Morgan fingerprint density at radius 1 is 1.03 bits per heavy atom. The lowest BCUT2D eigenvalue weighted by Crippen LogP contribution is -2.24. The van der Waals surface area contributed by atoms with E-state index < -0.39 is 23.6 Å². The zero-order valence-corrected chi connectivity index (χ0v) is 22.9. The SMILES string of the molecule is CNCCC(Oc1ccc(C(F)(F)F)cc1)c1ccccc1.Cl.Cl.NC(N)=NC(=O)c1nc(Cl)c(N)nc1N. The summed E-state index contributed by atoms with van der Waals surface area (Å²) in [5, 5.41) is 2.91. The number of rotatable bonds is 7. The van der Waals surface area contributed by atoms with E-state index in [1.807, 2.05) is 37.4 Å². The second-order valence-corrected chi connectivity index (χ2v) is 7.76. The van der Waals surface area contributed by atoms with Crippen LogP contribution in [-0.4, -0.2) is 35.4 Å². The lowest BCUT2D eigenvalue weighted by Gasteiger charge is -2.20. The third-order valence-electron chi connectivity index (χ3n) is 4.63. The first-order chi connectivity index (χ1) is 17.4. The Morgan fingerprint density at radius 3 is 2.13 bits per heavy atom. The number of carbonyl (C=O) groups is 1. The number of nitrogen functional groups attached to an aromatic ring is 2. The van der Waals surface area contributed by atoms with E-state index in [0.717, 1.165) is 30.7 Å². The minimum atomic E-state index is -4.33. The van der Waals surface area contributed by atoms with Gasteiger partial charge in [0.25, 0.3) is 0 Å². The average Bonchev–Trinajstić information content (AvgIpc) is 2.84. The van der Waals surface area contributed by atoms with Crippen molar-refractivity contribution < 1.29 is 22.7 Å². The fraction of sp³-hybridized carbons (Fsp3) is 0.217. The molecule has 0 aliphatic carbocycles. The van der Waals surface area contributed by atoms with E-state index >= 15 is 0 Å². The number of nitrogens with two attached hydrogens (primary N) is 4. The molecule has 1 aromatic heterocycles. The fourth-order valence-corrected chi connectivity index (χ4v) is 3.02. The summed E-state index contributed by atoms with van der Waals surface area (Å²) in [7, 11) is 1.85. The number of ether oxygens (including phenoxy) is 1. The molecule has 2 aromatic carbocycles. The lowest BCUT2D eigenvalue weighted by atomic mass is 10.1. The van der Waals surface area contributed by atoms with Crippen molar-refractivity contribution in [2.24, 2.45) is 16.5 Å². The minimum absolute atomic E-state index is 0. The summed E-state index contributed by atoms with van der Waals surface area (Å²) in [6.45, 7) is 0.750. The first-order valence-electron chi connectivity index (χ1n) is 10.7. The van der Waals surface area contributed by atoms with Crippen LogP contribution in [0.2, 0.25) is 5.15 Å². The molecule has 1 amide bonds. The van der Waals surface area contributed by atoms with Gasteiger partial charge >= 0.3 is 12.1 Å². The van der Waals surface area contributed by atoms with Crippen molar-refractivity contribution in [1.29, 1.82) is 0 Å². The molecule has 0 fully saturated rings. The summed E-state index contributed by atoms with van der Waals surface area (Å²) >= 11 is 5.55. The zero-order chi connectivity index (χ0) is 27.6. The molecule has 0 radical (unpaired) electrons. The number of hydrogen-bond donors (Lipinski definition) is 5. The number of nitrogens with zero attached hydrogens (tertiary/aromatic N) is 3. The first-order valence-corrected chi connectivity index (χ1v) is 11.1. The Morgan fingerprint density at radius 2 is 1.62 bits per heavy atom. The smallest absolute Gasteiger partial charge is 0.416 e. The number of alkyl halides is 3. The number of carbonyl (C=O) groups excluding carboxylic acids is 1. The van der Waals surface area contributed by atoms with E-state index in [0.29, 0.717) is 5.75 Å². The molecular weight excluding hydrogens is 584 g/mol. The molecule has 3 aromatic rings. The molecule has 0 saturated carbocycles. The highest BCUT2D eigenvalue weighted by molar-refractivity contribution is 6.31. The molecular formula is C23H28Cl3F3N8O2. The van der Waals surface area contributed by atoms with E-state index in [1.165, 1.54) is 12.1 Å². The molecule has 3 rings (SSSR count). The number of aromatic nitrogens is 2. The van der Waals surface area contributed by atoms with Gasteiger partial charge in [-0.2, -0.15) is 18.2 Å². The van der Waals surface area contributed by atoms with Crippen LogP contribution in [0.5, 0.6) is 5.75 Å². The quantitative estimate of drug-likeness (QED) is 0.195. The van der Waals surface area contributed by atoms with Gasteiger partial charge < -0.3 is 33.0 Å². The van der Waals surface area contributed by atoms with Crippen molar-refractivity contribution in [1.82, 2.24) is 15.3 Å². The molecule has 0 bridgehead atoms. The Bertz CT molecular complexity index is 1210. The topological polar surface area (TPSA) is 181 Å². The molecule has 39 heavy (non-hydrogen) atoms. The van der Waals surface area contributed by atoms with Gasteiger partial charge in [-0.3, -0.25) is 4.79 Å². The Labute approximate surface area is 240 Å². The maximum Gasteiger partial charge on any atom is 0.416 e. The van der Waals surface area contributed by atoms with E-state index in [9.17, 15) is 18.0 Å². The maximum atomic E-state index is 12.6. The minimum Gasteiger partial charge on any atom is -0.486 e. The van der Waals surface area contributed by atoms with Crippen molar-refractivity contribution in [3.05, 3.63) is 76.6 Å². The van der Waals surface area contributed by atoms with Crippen LogP contribution in [0, 0.1) is 0 Å². The number of guanidine groups is 1. The van der Waals surface area contributed by atoms with Crippen LogP contribution in [0.15, 0.2) is 59.6 Å². The lowest BCUT2D eigenvalue weighted by molar-refractivity contribution is -0.137. The van der Waals surface area contributed by atoms with E-state index in [-0.39, 0.29) is 53.4 Å². The van der Waals surface area contributed by atoms with Crippen molar-refractivity contribution in [3.63, 3.8) is 0 Å². The molecule has 1 unspecified atom stereocenters. The van der Waals surface area contributed by atoms with Gasteiger partial charge in [0.2, 0.25) is 0 Å². The van der Waals surface area contributed by atoms with Crippen molar-refractivity contribution >= 4 is 59.9 Å². The predicted molar refractivity (Wildman–Crippen MR) is 150 cm³/mol. The highest BCUT2D eigenvalue weighted by Crippen LogP contribution is 2.31. The predicted octanol–water partition coefficient (Wildman–Crippen LogP) is 3.99. The van der Waals surface area contributed by atoms with Crippen molar-refractivity contribution in [2.75, 3.05) is 25.1 Å². The van der Waals surface area contributed by atoms with Gasteiger partial charge in [0.1, 0.15) is 11.9 Å². The molecule has 1 heterocycles. The van der Waals surface area contributed by atoms with Gasteiger partial charge in [-0.1, -0.05) is 41.9 Å². The van der Waals surface area contributed by atoms with Gasteiger partial charge in [0.05, 0.1) is 5.56 Å². The van der Waals surface area contributed by atoms with Crippen LogP contribution in [0.1, 0.15) is 34.1 Å². The number of nitrogens with one attached hydrogen (secondary N) is 1. The summed E-state index contributed by atoms with van der Waals surface area (Å²) < 4.78 is 43.6. The molecule has 0 spiro atoms. The van der Waals surface area contributed by atoms with Gasteiger partial charge in [-0.05, 0) is 43.4 Å². The molecule has 214 valence electrons. The highest BCUT2D eigenvalue weighted by Gasteiger charge is 2.30. The molecule has 0 aliphatic rings. The highest BCUT2D eigenvalue weighted by atomic mass is 35.5. The van der Waals surface area contributed by atoms with Gasteiger partial charge in [-0.25, -0.2) is 9.97 Å². The van der Waals surface area contributed by atoms with Gasteiger partial charge in [-0.15, -0.1) is 24.8 Å². The Hall–Kier alpha value is -3.52. The van der Waals surface area contributed by atoms with Crippen LogP contribution in [0.4, 0.5) is 24.8 Å². The number of hydrogen-bond acceptors (Lipinski definition) is 7. The average molecular weight is 612 g/mol. The monoisotopic (exact) mass is 610 g/mol. The fourth-order valence-electron chi connectivity index (χ4n) is 2.89. The van der Waals surface area contributed by atoms with Crippen LogP contribution in [0.25, 0.3) is 0 Å². The molecule has 10 nitrogen and oxygen atoms in total. The molecule has 0 saturated heterocycles. The van der Waals surface area contributed by atoms with E-state index in [2.05, 4.69) is 20.3 Å². The molecule has 1 atom stereocenters. The third-order valence-corrected chi connectivity index (χ3v) is 4.90. The standard InChI is InChI=1S/C17H18F3NO.C6H8ClN7O.2ClH/c1-21-12-11-16(13-5-3-2-4-6-13)22-15-9-7-14(8-10-15)17(18,19)20;7-2-4(9)13-3(8)1(12-2)5(15)14-6(10)11;;/h2-10,16,21H,11-12H2,1H3;(H4,8,9,13)(H4,10,11,14,15);2*1H. The first kappa shape index (κ1) is 35.5. The maximum absolute atomic E-state index is 12.6. The number of amides is 1. The van der Waals surface area contributed by atoms with Crippen LogP contribution >= 0.6 is 36.4 Å². The number of aliphatic imine (C=N–C) groups is 1. The summed E-state index contributed by atoms with van der Waals surface area (Å²) in [6, 6.07) is 14.4. The molecule has 0 aliphatic heterocycles. The zero-order valence-electron chi connectivity index (χ0n) is 20.5. The van der Waals surface area contributed by atoms with E-state index in [1.54, 1.807) is 0 Å². The largest absolute Gasteiger partial charge is 0.486 e. The van der Waals surface area contributed by atoms with E-state index in [4.69, 9.17) is 39.3 Å². The third kappa shape index (κ3) is 11.4. The number of anilines is 2. The number of halogens is 6. The van der Waals surface area contributed by atoms with Crippen molar-refractivity contribution in [2.45, 2.75) is 18.7 Å². The van der Waals surface area contributed by atoms with Crippen LogP contribution < -0.4 is 33.0 Å². The summed E-state index contributed by atoms with van der Waals surface area (Å²) in [5.41, 5.74) is 20.8. The summed E-state index contributed by atoms with van der Waals surface area (Å²) in [5.74, 6) is -1.07. The van der Waals surface area contributed by atoms with Gasteiger partial charge in [0.15, 0.2) is 28.4 Å². The van der Waals surface area contributed by atoms with Gasteiger partial charge in [0, 0.05) is 6.42 Å². The second kappa shape index (κ2) is 16.4. The van der Waals surface area contributed by atoms with Crippen molar-refractivity contribution in [3.8, 4) is 5.75 Å². The summed E-state index contributed by atoms with van der Waals surface area (Å²) in [4.78, 5) is 21.7. The van der Waals surface area contributed by atoms with Crippen LogP contribution in [-0.2, 0) is 6.18 Å². The molecule has 9 N–H and O–H groups in total. The van der Waals surface area contributed by atoms with Crippen LogP contribution in [0.3, 0.4) is 0 Å². The summed E-state index contributed by atoms with van der Waals surface area (Å²) in [6.07, 6.45) is -3.81. The Balaban J connectivity index is 0.000000752. The number of benzene rings is 2. The second-order valence-electron chi connectivity index (χ2n) is 7.41.